The quantitative estimate of drug-likeness (QED) is 0.644. The molecule has 0 saturated carbocycles. The van der Waals surface area contributed by atoms with Crippen molar-refractivity contribution in [2.45, 2.75) is 19.8 Å². The Balaban J connectivity index is 1.72. The Morgan fingerprint density at radius 2 is 1.96 bits per heavy atom. The summed E-state index contributed by atoms with van der Waals surface area (Å²) in [5.74, 6) is -1.61. The van der Waals surface area contributed by atoms with E-state index in [0.717, 1.165) is 24.9 Å². The molecule has 3 rings (SSSR count). The fourth-order valence-corrected chi connectivity index (χ4v) is 4.58. The van der Waals surface area contributed by atoms with Gasteiger partial charge in [0.2, 0.25) is 10.0 Å². The molecule has 1 aliphatic heterocycles. The lowest BCUT2D eigenvalue weighted by atomic mass is 9.99. The third kappa shape index (κ3) is 5.15. The molecule has 150 valence electrons. The predicted molar refractivity (Wildman–Crippen MR) is 107 cm³/mol. The van der Waals surface area contributed by atoms with Crippen LogP contribution in [0.15, 0.2) is 42.5 Å². The first kappa shape index (κ1) is 20.4. The van der Waals surface area contributed by atoms with Crippen LogP contribution in [0, 0.1) is 18.7 Å². The van der Waals surface area contributed by atoms with Crippen molar-refractivity contribution in [3.63, 3.8) is 0 Å². The summed E-state index contributed by atoms with van der Waals surface area (Å²) in [4.78, 5) is 14.5. The van der Waals surface area contributed by atoms with E-state index < -0.39 is 21.7 Å². The number of nitrogens with one attached hydrogen (secondary N) is 3. The van der Waals surface area contributed by atoms with Gasteiger partial charge in [-0.15, -0.1) is 4.83 Å². The molecule has 0 spiro atoms. The Bertz CT molecular complexity index is 943. The van der Waals surface area contributed by atoms with Crippen molar-refractivity contribution in [1.82, 2.24) is 15.6 Å². The number of hydrazine groups is 1. The van der Waals surface area contributed by atoms with Gasteiger partial charge >= 0.3 is 0 Å². The van der Waals surface area contributed by atoms with Crippen molar-refractivity contribution in [3.05, 3.63) is 59.4 Å². The van der Waals surface area contributed by atoms with E-state index in [-0.39, 0.29) is 17.2 Å². The van der Waals surface area contributed by atoms with Crippen LogP contribution in [0.4, 0.5) is 4.39 Å². The molecule has 0 radical (unpaired) electrons. The molecule has 0 aliphatic carbocycles. The Labute approximate surface area is 164 Å². The zero-order chi connectivity index (χ0) is 20.1. The molecule has 2 aromatic carbocycles. The van der Waals surface area contributed by atoms with Gasteiger partial charge in [0.1, 0.15) is 5.82 Å². The number of sulfonamides is 1. The molecule has 1 amide bonds. The molecule has 1 saturated heterocycles. The third-order valence-corrected chi connectivity index (χ3v) is 6.10. The largest absolute Gasteiger partial charge is 0.316 e. The van der Waals surface area contributed by atoms with Gasteiger partial charge in [0, 0.05) is 0 Å². The first-order chi connectivity index (χ1) is 13.4. The lowest BCUT2D eigenvalue weighted by Gasteiger charge is -2.22. The molecule has 3 N–H and O–H groups in total. The number of benzene rings is 2. The summed E-state index contributed by atoms with van der Waals surface area (Å²) in [6.45, 7) is 3.08. The van der Waals surface area contributed by atoms with Crippen molar-refractivity contribution >= 4 is 15.9 Å². The summed E-state index contributed by atoms with van der Waals surface area (Å²) in [5.41, 5.74) is 3.76. The van der Waals surface area contributed by atoms with Gasteiger partial charge in [0.25, 0.3) is 5.91 Å². The molecule has 1 atom stereocenters. The van der Waals surface area contributed by atoms with Gasteiger partial charge in [0.15, 0.2) is 0 Å². The van der Waals surface area contributed by atoms with E-state index >= 15 is 0 Å². The van der Waals surface area contributed by atoms with Gasteiger partial charge in [0.05, 0.1) is 11.3 Å². The molecule has 0 aromatic heterocycles. The normalized spacial score (nSPS) is 17.3. The first-order valence-electron chi connectivity index (χ1n) is 9.22. The highest BCUT2D eigenvalue weighted by Crippen LogP contribution is 2.24. The van der Waals surface area contributed by atoms with Crippen LogP contribution in [0.1, 0.15) is 28.8 Å². The highest BCUT2D eigenvalue weighted by atomic mass is 32.2. The summed E-state index contributed by atoms with van der Waals surface area (Å²) in [7, 11) is -3.71. The van der Waals surface area contributed by atoms with E-state index in [4.69, 9.17) is 0 Å². The van der Waals surface area contributed by atoms with Crippen LogP contribution in [-0.4, -0.2) is 33.2 Å². The van der Waals surface area contributed by atoms with Gasteiger partial charge in [-0.25, -0.2) is 12.8 Å². The molecule has 8 heteroatoms. The maximum atomic E-state index is 14.5. The molecule has 1 unspecified atom stereocenters. The smallest absolute Gasteiger partial charge is 0.269 e. The molecular formula is C20H24FN3O3S. The van der Waals surface area contributed by atoms with Crippen molar-refractivity contribution in [2.75, 3.05) is 18.8 Å². The van der Waals surface area contributed by atoms with Gasteiger partial charge in [-0.1, -0.05) is 30.3 Å². The van der Waals surface area contributed by atoms with Crippen LogP contribution in [0.3, 0.4) is 0 Å². The number of rotatable bonds is 6. The van der Waals surface area contributed by atoms with Crippen LogP contribution in [0.2, 0.25) is 0 Å². The van der Waals surface area contributed by atoms with Crippen LogP contribution < -0.4 is 15.6 Å². The van der Waals surface area contributed by atoms with Gasteiger partial charge in [-0.3, -0.25) is 10.2 Å². The highest BCUT2D eigenvalue weighted by Gasteiger charge is 2.23. The van der Waals surface area contributed by atoms with E-state index in [1.54, 1.807) is 13.0 Å². The Morgan fingerprint density at radius 1 is 1.21 bits per heavy atom. The molecular weight excluding hydrogens is 381 g/mol. The monoisotopic (exact) mass is 405 g/mol. The van der Waals surface area contributed by atoms with Gasteiger partial charge < -0.3 is 5.32 Å². The van der Waals surface area contributed by atoms with Crippen molar-refractivity contribution in [2.24, 2.45) is 5.92 Å². The number of carbonyl (C=O) groups excluding carboxylic acids is 1. The molecule has 1 fully saturated rings. The second-order valence-corrected chi connectivity index (χ2v) is 8.84. The maximum Gasteiger partial charge on any atom is 0.269 e. The van der Waals surface area contributed by atoms with E-state index in [1.807, 2.05) is 30.3 Å². The average Bonchev–Trinajstić information content (AvgIpc) is 2.69. The van der Waals surface area contributed by atoms with Crippen LogP contribution in [-0.2, 0) is 10.0 Å². The van der Waals surface area contributed by atoms with Gasteiger partial charge in [-0.2, -0.15) is 0 Å². The zero-order valence-electron chi connectivity index (χ0n) is 15.7. The summed E-state index contributed by atoms with van der Waals surface area (Å²) in [6.07, 6.45) is 1.73. The fourth-order valence-electron chi connectivity index (χ4n) is 3.34. The molecule has 1 aliphatic rings. The van der Waals surface area contributed by atoms with E-state index in [9.17, 15) is 17.6 Å². The topological polar surface area (TPSA) is 87.3 Å². The number of hydrogen-bond donors (Lipinski definition) is 3. The summed E-state index contributed by atoms with van der Waals surface area (Å²) < 4.78 is 38.9. The average molecular weight is 405 g/mol. The molecule has 2 aromatic rings. The van der Waals surface area contributed by atoms with Gasteiger partial charge in [-0.05, 0) is 67.6 Å². The lowest BCUT2D eigenvalue weighted by molar-refractivity contribution is 0.0941. The van der Waals surface area contributed by atoms with Crippen LogP contribution >= 0.6 is 0 Å². The third-order valence-electron chi connectivity index (χ3n) is 4.78. The second-order valence-electron chi connectivity index (χ2n) is 7.07. The fraction of sp³-hybridized carbons (Fsp3) is 0.350. The number of aryl methyl sites for hydroxylation is 1. The molecule has 6 nitrogen and oxygen atoms in total. The number of amides is 1. The van der Waals surface area contributed by atoms with E-state index in [2.05, 4.69) is 15.6 Å². The van der Waals surface area contributed by atoms with E-state index in [1.165, 1.54) is 6.07 Å². The summed E-state index contributed by atoms with van der Waals surface area (Å²) >= 11 is 0. The first-order valence-corrected chi connectivity index (χ1v) is 10.9. The Kier molecular flexibility index (Phi) is 6.43. The standard InChI is InChI=1S/C20H24FN3O3S/c1-14-10-17(16-7-3-2-4-8-16)11-18(19(14)21)20(25)23-24-28(26,27)13-15-6-5-9-22-12-15/h2-4,7-8,10-11,15,22,24H,5-6,9,12-13H2,1H3,(H,23,25). The minimum Gasteiger partial charge on any atom is -0.316 e. The number of hydrogen-bond acceptors (Lipinski definition) is 4. The summed E-state index contributed by atoms with van der Waals surface area (Å²) in [6, 6.07) is 12.4. The van der Waals surface area contributed by atoms with Crippen LogP contribution in [0.5, 0.6) is 0 Å². The number of halogens is 1. The SMILES string of the molecule is Cc1cc(-c2ccccc2)cc(C(=O)NNS(=O)(=O)CC2CCCNC2)c1F. The van der Waals surface area contributed by atoms with Crippen molar-refractivity contribution < 1.29 is 17.6 Å². The van der Waals surface area contributed by atoms with E-state index in [0.29, 0.717) is 17.7 Å². The predicted octanol–water partition coefficient (Wildman–Crippen LogP) is 2.36. The van der Waals surface area contributed by atoms with Crippen molar-refractivity contribution in [3.8, 4) is 11.1 Å². The molecule has 1 heterocycles. The number of piperidine rings is 1. The highest BCUT2D eigenvalue weighted by molar-refractivity contribution is 7.89. The maximum absolute atomic E-state index is 14.5. The minimum atomic E-state index is -3.71. The Morgan fingerprint density at radius 3 is 2.64 bits per heavy atom. The van der Waals surface area contributed by atoms with Crippen LogP contribution in [0.25, 0.3) is 11.1 Å². The second kappa shape index (κ2) is 8.81. The number of carbonyl (C=O) groups is 1. The zero-order valence-corrected chi connectivity index (χ0v) is 16.5. The minimum absolute atomic E-state index is 0.0106. The Hall–Kier alpha value is -2.29. The van der Waals surface area contributed by atoms with Crippen molar-refractivity contribution in [1.29, 1.82) is 0 Å². The summed E-state index contributed by atoms with van der Waals surface area (Å²) in [5, 5.41) is 3.15. The molecule has 0 bridgehead atoms. The lowest BCUT2D eigenvalue weighted by Crippen LogP contribution is -2.45. The molecule has 28 heavy (non-hydrogen) atoms.